The smallest absolute Gasteiger partial charge is 0.251 e. The molecule has 2 aliphatic carbocycles. The fraction of sp³-hybridized carbons (Fsp3) is 0.923. The molecule has 2 fully saturated rings. The van der Waals surface area contributed by atoms with Gasteiger partial charge >= 0.3 is 0 Å². The SMILES string of the molecule is CC(C)C(C(=O)NN)N(CC1CC1)CC1CC1. The van der Waals surface area contributed by atoms with Gasteiger partial charge in [0.15, 0.2) is 0 Å². The van der Waals surface area contributed by atoms with E-state index in [9.17, 15) is 4.79 Å². The molecular weight excluding hydrogens is 214 g/mol. The van der Waals surface area contributed by atoms with Crippen molar-refractivity contribution in [3.63, 3.8) is 0 Å². The van der Waals surface area contributed by atoms with Crippen LogP contribution < -0.4 is 11.3 Å². The summed E-state index contributed by atoms with van der Waals surface area (Å²) >= 11 is 0. The molecule has 0 aromatic heterocycles. The third kappa shape index (κ3) is 3.68. The van der Waals surface area contributed by atoms with Crippen molar-refractivity contribution in [3.05, 3.63) is 0 Å². The van der Waals surface area contributed by atoms with Crippen molar-refractivity contribution < 1.29 is 4.79 Å². The Morgan fingerprint density at radius 1 is 1.24 bits per heavy atom. The van der Waals surface area contributed by atoms with Gasteiger partial charge < -0.3 is 0 Å². The number of nitrogens with one attached hydrogen (secondary N) is 1. The van der Waals surface area contributed by atoms with E-state index in [1.54, 1.807) is 0 Å². The van der Waals surface area contributed by atoms with Crippen LogP contribution in [-0.2, 0) is 4.79 Å². The molecule has 0 spiro atoms. The minimum Gasteiger partial charge on any atom is -0.293 e. The van der Waals surface area contributed by atoms with Crippen molar-refractivity contribution in [2.24, 2.45) is 23.6 Å². The lowest BCUT2D eigenvalue weighted by atomic mass is 10.0. The normalized spacial score (nSPS) is 21.9. The summed E-state index contributed by atoms with van der Waals surface area (Å²) in [7, 11) is 0. The van der Waals surface area contributed by atoms with Crippen LogP contribution in [0.4, 0.5) is 0 Å². The summed E-state index contributed by atoms with van der Waals surface area (Å²) in [6.45, 7) is 6.36. The van der Waals surface area contributed by atoms with Crippen LogP contribution in [0.2, 0.25) is 0 Å². The number of amides is 1. The van der Waals surface area contributed by atoms with E-state index in [-0.39, 0.29) is 11.9 Å². The van der Waals surface area contributed by atoms with E-state index in [4.69, 9.17) is 5.84 Å². The molecule has 0 bridgehead atoms. The molecule has 2 rings (SSSR count). The van der Waals surface area contributed by atoms with Crippen molar-refractivity contribution in [2.75, 3.05) is 13.1 Å². The highest BCUT2D eigenvalue weighted by Gasteiger charge is 2.36. The van der Waals surface area contributed by atoms with Crippen LogP contribution in [0.3, 0.4) is 0 Å². The highest BCUT2D eigenvalue weighted by Crippen LogP contribution is 2.35. The Hall–Kier alpha value is -0.610. The third-order valence-corrected chi connectivity index (χ3v) is 3.82. The Kier molecular flexibility index (Phi) is 4.05. The van der Waals surface area contributed by atoms with Crippen LogP contribution >= 0.6 is 0 Å². The van der Waals surface area contributed by atoms with Crippen molar-refractivity contribution >= 4 is 5.91 Å². The van der Waals surface area contributed by atoms with E-state index < -0.39 is 0 Å². The maximum absolute atomic E-state index is 11.9. The summed E-state index contributed by atoms with van der Waals surface area (Å²) in [4.78, 5) is 14.3. The summed E-state index contributed by atoms with van der Waals surface area (Å²) in [5.74, 6) is 7.24. The van der Waals surface area contributed by atoms with Crippen LogP contribution in [-0.4, -0.2) is 29.9 Å². The van der Waals surface area contributed by atoms with Crippen LogP contribution in [0.1, 0.15) is 39.5 Å². The van der Waals surface area contributed by atoms with Gasteiger partial charge in [-0.1, -0.05) is 13.8 Å². The van der Waals surface area contributed by atoms with E-state index >= 15 is 0 Å². The number of nitrogens with zero attached hydrogens (tertiary/aromatic N) is 1. The zero-order valence-corrected chi connectivity index (χ0v) is 11.0. The largest absolute Gasteiger partial charge is 0.293 e. The molecule has 1 amide bonds. The van der Waals surface area contributed by atoms with E-state index in [1.165, 1.54) is 25.7 Å². The molecule has 4 heteroatoms. The van der Waals surface area contributed by atoms with Crippen LogP contribution in [0.15, 0.2) is 0 Å². The number of carbonyl (C=O) groups excluding carboxylic acids is 1. The molecule has 1 unspecified atom stereocenters. The Morgan fingerprint density at radius 2 is 1.71 bits per heavy atom. The lowest BCUT2D eigenvalue weighted by Gasteiger charge is -2.33. The number of carbonyl (C=O) groups is 1. The molecule has 2 saturated carbocycles. The second-order valence-corrected chi connectivity index (χ2v) is 6.04. The van der Waals surface area contributed by atoms with E-state index in [2.05, 4.69) is 24.2 Å². The molecule has 0 saturated heterocycles. The molecule has 3 N–H and O–H groups in total. The van der Waals surface area contributed by atoms with Gasteiger partial charge in [0.05, 0.1) is 6.04 Å². The molecule has 1 atom stereocenters. The number of hydrogen-bond acceptors (Lipinski definition) is 3. The van der Waals surface area contributed by atoms with E-state index in [1.807, 2.05) is 0 Å². The summed E-state index contributed by atoms with van der Waals surface area (Å²) in [5.41, 5.74) is 2.33. The zero-order valence-electron chi connectivity index (χ0n) is 11.0. The lowest BCUT2D eigenvalue weighted by Crippen LogP contribution is -2.52. The van der Waals surface area contributed by atoms with E-state index in [0.717, 1.165) is 24.9 Å². The minimum absolute atomic E-state index is 0.0266. The summed E-state index contributed by atoms with van der Waals surface area (Å²) < 4.78 is 0. The molecular formula is C13H25N3O. The predicted octanol–water partition coefficient (Wildman–Crippen LogP) is 1.12. The monoisotopic (exact) mass is 239 g/mol. The quantitative estimate of drug-likeness (QED) is 0.398. The second-order valence-electron chi connectivity index (χ2n) is 6.04. The van der Waals surface area contributed by atoms with Gasteiger partial charge in [-0.05, 0) is 43.4 Å². The molecule has 0 aliphatic heterocycles. The molecule has 0 heterocycles. The fourth-order valence-corrected chi connectivity index (χ4v) is 2.54. The minimum atomic E-state index is -0.0544. The van der Waals surface area contributed by atoms with Gasteiger partial charge in [0, 0.05) is 13.1 Å². The molecule has 17 heavy (non-hydrogen) atoms. The van der Waals surface area contributed by atoms with Gasteiger partial charge in [0.2, 0.25) is 0 Å². The Labute approximate surface area is 104 Å². The number of nitrogens with two attached hydrogens (primary N) is 1. The van der Waals surface area contributed by atoms with Gasteiger partial charge in [-0.2, -0.15) is 0 Å². The molecule has 0 aromatic rings. The van der Waals surface area contributed by atoms with Gasteiger partial charge in [-0.3, -0.25) is 15.1 Å². The predicted molar refractivity (Wildman–Crippen MR) is 68.0 cm³/mol. The highest BCUT2D eigenvalue weighted by atomic mass is 16.2. The van der Waals surface area contributed by atoms with Gasteiger partial charge in [-0.15, -0.1) is 0 Å². The first-order chi connectivity index (χ1) is 8.11. The lowest BCUT2D eigenvalue weighted by molar-refractivity contribution is -0.128. The molecule has 0 aromatic carbocycles. The van der Waals surface area contributed by atoms with Crippen molar-refractivity contribution in [1.29, 1.82) is 0 Å². The first-order valence-corrected chi connectivity index (χ1v) is 6.86. The maximum atomic E-state index is 11.9. The van der Waals surface area contributed by atoms with Gasteiger partial charge in [-0.25, -0.2) is 5.84 Å². The Balaban J connectivity index is 1.99. The van der Waals surface area contributed by atoms with Crippen molar-refractivity contribution in [3.8, 4) is 0 Å². The average molecular weight is 239 g/mol. The van der Waals surface area contributed by atoms with Crippen LogP contribution in [0, 0.1) is 17.8 Å². The standard InChI is InChI=1S/C13H25N3O/c1-9(2)12(13(17)15-14)16(7-10-3-4-10)8-11-5-6-11/h9-12H,3-8,14H2,1-2H3,(H,15,17). The average Bonchev–Trinajstić information content (AvgIpc) is 3.12. The fourth-order valence-electron chi connectivity index (χ4n) is 2.54. The van der Waals surface area contributed by atoms with Crippen LogP contribution in [0.25, 0.3) is 0 Å². The third-order valence-electron chi connectivity index (χ3n) is 3.82. The van der Waals surface area contributed by atoms with Gasteiger partial charge in [0.25, 0.3) is 5.91 Å². The topological polar surface area (TPSA) is 58.4 Å². The molecule has 2 aliphatic rings. The van der Waals surface area contributed by atoms with Crippen molar-refractivity contribution in [2.45, 2.75) is 45.6 Å². The van der Waals surface area contributed by atoms with Crippen LogP contribution in [0.5, 0.6) is 0 Å². The number of rotatable bonds is 7. The highest BCUT2D eigenvalue weighted by molar-refractivity contribution is 5.81. The maximum Gasteiger partial charge on any atom is 0.251 e. The summed E-state index contributed by atoms with van der Waals surface area (Å²) in [6.07, 6.45) is 5.32. The first kappa shape index (κ1) is 12.8. The van der Waals surface area contributed by atoms with Gasteiger partial charge in [0.1, 0.15) is 0 Å². The summed E-state index contributed by atoms with van der Waals surface area (Å²) in [6, 6.07) is -0.0544. The zero-order chi connectivity index (χ0) is 12.4. The first-order valence-electron chi connectivity index (χ1n) is 6.86. The molecule has 4 nitrogen and oxygen atoms in total. The number of hydrogen-bond donors (Lipinski definition) is 2. The van der Waals surface area contributed by atoms with E-state index in [0.29, 0.717) is 5.92 Å². The molecule has 0 radical (unpaired) electrons. The Bertz CT molecular complexity index is 258. The number of hydrazine groups is 1. The Morgan fingerprint density at radius 3 is 2.00 bits per heavy atom. The van der Waals surface area contributed by atoms with Crippen molar-refractivity contribution in [1.82, 2.24) is 10.3 Å². The summed E-state index contributed by atoms with van der Waals surface area (Å²) in [5, 5.41) is 0. The second kappa shape index (κ2) is 5.36. The molecule has 98 valence electrons.